The third-order valence-electron chi connectivity index (χ3n) is 0.469. The van der Waals surface area contributed by atoms with E-state index in [0.29, 0.717) is 6.26 Å². The van der Waals surface area contributed by atoms with Gasteiger partial charge in [-0.05, 0) is 6.92 Å². The number of hydrogen-bond donors (Lipinski definition) is 0. The van der Waals surface area contributed by atoms with Crippen LogP contribution in [0.5, 0.6) is 0 Å². The summed E-state index contributed by atoms with van der Waals surface area (Å²) in [6.07, 6.45) is 0.615. The minimum atomic E-state index is -4.38. The second-order valence-corrected chi connectivity index (χ2v) is 4.59. The van der Waals surface area contributed by atoms with Gasteiger partial charge in [0.05, 0.1) is 12.9 Å². The van der Waals surface area contributed by atoms with Crippen LogP contribution in [-0.2, 0) is 28.3 Å². The van der Waals surface area contributed by atoms with Crippen LogP contribution in [0.1, 0.15) is 6.92 Å². The third kappa shape index (κ3) is 6.23. The Morgan fingerprint density at radius 1 is 1.18 bits per heavy atom. The zero-order valence-electron chi connectivity index (χ0n) is 5.97. The van der Waals surface area contributed by atoms with E-state index in [4.69, 9.17) is 0 Å². The van der Waals surface area contributed by atoms with Gasteiger partial charge in [0, 0.05) is 0 Å². The summed E-state index contributed by atoms with van der Waals surface area (Å²) < 4.78 is 48.9. The zero-order valence-corrected chi connectivity index (χ0v) is 7.61. The molecule has 0 heterocycles. The Balaban J connectivity index is 4.40. The van der Waals surface area contributed by atoms with Gasteiger partial charge in [-0.3, -0.25) is 0 Å². The molecule has 0 saturated heterocycles. The maximum atomic E-state index is 10.4. The average molecular weight is 204 g/mol. The van der Waals surface area contributed by atoms with Gasteiger partial charge in [0.2, 0.25) is 0 Å². The van der Waals surface area contributed by atoms with E-state index in [1.165, 1.54) is 6.92 Å². The SMILES string of the molecule is CCOS(=O)(=O)OS(C)(=O)=O. The summed E-state index contributed by atoms with van der Waals surface area (Å²) in [6, 6.07) is 0. The van der Waals surface area contributed by atoms with E-state index in [9.17, 15) is 16.8 Å². The Hall–Kier alpha value is -0.180. The number of rotatable bonds is 4. The molecule has 8 heteroatoms. The minimum absolute atomic E-state index is 0.169. The van der Waals surface area contributed by atoms with Crippen molar-refractivity contribution in [2.45, 2.75) is 6.92 Å². The first-order chi connectivity index (χ1) is 4.77. The molecular weight excluding hydrogens is 196 g/mol. The van der Waals surface area contributed by atoms with Gasteiger partial charge < -0.3 is 0 Å². The molecule has 6 nitrogen and oxygen atoms in total. The van der Waals surface area contributed by atoms with Gasteiger partial charge in [0.1, 0.15) is 0 Å². The maximum Gasteiger partial charge on any atom is 0.414 e. The Morgan fingerprint density at radius 3 is 1.91 bits per heavy atom. The maximum absolute atomic E-state index is 10.4. The van der Waals surface area contributed by atoms with E-state index in [1.54, 1.807) is 0 Å². The van der Waals surface area contributed by atoms with Crippen LogP contribution in [-0.4, -0.2) is 29.7 Å². The lowest BCUT2D eigenvalue weighted by molar-refractivity contribution is 0.290. The first-order valence-corrected chi connectivity index (χ1v) is 5.72. The predicted molar refractivity (Wildman–Crippen MR) is 36.5 cm³/mol. The molecule has 11 heavy (non-hydrogen) atoms. The lowest BCUT2D eigenvalue weighted by Gasteiger charge is -1.99. The standard InChI is InChI=1S/C3H8O6S2/c1-3-8-11(6,7)9-10(2,4)5/h3H2,1-2H3. The highest BCUT2D eigenvalue weighted by molar-refractivity contribution is 7.97. The lowest BCUT2D eigenvalue weighted by Crippen LogP contribution is -2.14. The molecule has 68 valence electrons. The van der Waals surface area contributed by atoms with Crippen LogP contribution in [0.3, 0.4) is 0 Å². The van der Waals surface area contributed by atoms with Crippen LogP contribution >= 0.6 is 0 Å². The molecule has 0 N–H and O–H groups in total. The van der Waals surface area contributed by atoms with Gasteiger partial charge in [-0.1, -0.05) is 0 Å². The molecule has 0 aliphatic carbocycles. The van der Waals surface area contributed by atoms with Crippen molar-refractivity contribution < 1.29 is 24.6 Å². The lowest BCUT2D eigenvalue weighted by atomic mass is 10.9. The van der Waals surface area contributed by atoms with Gasteiger partial charge in [-0.15, -0.1) is 3.63 Å². The normalized spacial score (nSPS) is 13.3. The molecule has 0 saturated carbocycles. The van der Waals surface area contributed by atoms with Crippen molar-refractivity contribution in [3.8, 4) is 0 Å². The van der Waals surface area contributed by atoms with Gasteiger partial charge >= 0.3 is 10.4 Å². The second kappa shape index (κ2) is 3.48. The molecule has 0 atom stereocenters. The molecule has 0 bridgehead atoms. The summed E-state index contributed by atoms with van der Waals surface area (Å²) in [4.78, 5) is 0. The molecule has 0 aromatic carbocycles. The quantitative estimate of drug-likeness (QED) is 0.598. The van der Waals surface area contributed by atoms with Gasteiger partial charge in [0.25, 0.3) is 10.1 Å². The van der Waals surface area contributed by atoms with Crippen molar-refractivity contribution in [1.29, 1.82) is 0 Å². The monoisotopic (exact) mass is 204 g/mol. The van der Waals surface area contributed by atoms with Crippen LogP contribution < -0.4 is 0 Å². The first kappa shape index (κ1) is 10.8. The minimum Gasteiger partial charge on any atom is -0.248 e. The van der Waals surface area contributed by atoms with E-state index >= 15 is 0 Å². The van der Waals surface area contributed by atoms with Gasteiger partial charge in [0.15, 0.2) is 0 Å². The van der Waals surface area contributed by atoms with E-state index in [-0.39, 0.29) is 6.61 Å². The fraction of sp³-hybridized carbons (Fsp3) is 1.00. The van der Waals surface area contributed by atoms with Gasteiger partial charge in [-0.25, -0.2) is 4.18 Å². The Morgan fingerprint density at radius 2 is 1.64 bits per heavy atom. The molecule has 0 aromatic heterocycles. The van der Waals surface area contributed by atoms with Crippen LogP contribution in [0.15, 0.2) is 0 Å². The van der Waals surface area contributed by atoms with Crippen molar-refractivity contribution in [2.24, 2.45) is 0 Å². The van der Waals surface area contributed by atoms with Crippen LogP contribution in [0.2, 0.25) is 0 Å². The van der Waals surface area contributed by atoms with Crippen LogP contribution in [0.25, 0.3) is 0 Å². The highest BCUT2D eigenvalue weighted by Gasteiger charge is 2.18. The molecule has 0 aliphatic heterocycles. The largest absolute Gasteiger partial charge is 0.414 e. The third-order valence-corrected chi connectivity index (χ3v) is 2.65. The summed E-state index contributed by atoms with van der Waals surface area (Å²) in [5.74, 6) is 0. The summed E-state index contributed by atoms with van der Waals surface area (Å²) in [5, 5.41) is 0. The van der Waals surface area contributed by atoms with Crippen molar-refractivity contribution >= 4 is 20.5 Å². The van der Waals surface area contributed by atoms with E-state index < -0.39 is 20.5 Å². The summed E-state index contributed by atoms with van der Waals surface area (Å²) in [6.45, 7) is 1.22. The van der Waals surface area contributed by atoms with E-state index in [1.807, 2.05) is 0 Å². The molecule has 0 rings (SSSR count). The summed E-state index contributed by atoms with van der Waals surface area (Å²) in [5.41, 5.74) is 0. The van der Waals surface area contributed by atoms with Crippen molar-refractivity contribution in [2.75, 3.05) is 12.9 Å². The average Bonchev–Trinajstić information content (AvgIpc) is 1.55. The first-order valence-electron chi connectivity index (χ1n) is 2.57. The van der Waals surface area contributed by atoms with Gasteiger partial charge in [-0.2, -0.15) is 16.8 Å². The Kier molecular flexibility index (Phi) is 3.42. The van der Waals surface area contributed by atoms with E-state index in [2.05, 4.69) is 7.81 Å². The Labute approximate surface area is 65.6 Å². The van der Waals surface area contributed by atoms with Crippen molar-refractivity contribution in [3.05, 3.63) is 0 Å². The topological polar surface area (TPSA) is 86.7 Å². The number of hydrogen-bond acceptors (Lipinski definition) is 6. The fourth-order valence-corrected chi connectivity index (χ4v) is 1.97. The second-order valence-electron chi connectivity index (χ2n) is 1.59. The molecule has 0 unspecified atom stereocenters. The van der Waals surface area contributed by atoms with Crippen LogP contribution in [0, 0.1) is 0 Å². The van der Waals surface area contributed by atoms with E-state index in [0.717, 1.165) is 0 Å². The molecule has 0 aromatic rings. The molecule has 0 aliphatic rings. The molecule has 0 fully saturated rings. The fourth-order valence-electron chi connectivity index (χ4n) is 0.315. The van der Waals surface area contributed by atoms with Crippen molar-refractivity contribution in [3.63, 3.8) is 0 Å². The highest BCUT2D eigenvalue weighted by Crippen LogP contribution is 1.99. The predicted octanol–water partition coefficient (Wildman–Crippen LogP) is -0.756. The smallest absolute Gasteiger partial charge is 0.248 e. The molecular formula is C3H8O6S2. The highest BCUT2D eigenvalue weighted by atomic mass is 32.3. The Bertz CT molecular complexity index is 297. The molecule has 0 amide bonds. The molecule has 0 spiro atoms. The zero-order chi connectivity index (χ0) is 9.12. The summed E-state index contributed by atoms with van der Waals surface area (Å²) >= 11 is 0. The van der Waals surface area contributed by atoms with Crippen molar-refractivity contribution in [1.82, 2.24) is 0 Å². The summed E-state index contributed by atoms with van der Waals surface area (Å²) in [7, 11) is -8.39. The molecule has 0 radical (unpaired) electrons. The van der Waals surface area contributed by atoms with Crippen LogP contribution in [0.4, 0.5) is 0 Å².